The van der Waals surface area contributed by atoms with Crippen molar-refractivity contribution in [3.63, 3.8) is 0 Å². The van der Waals surface area contributed by atoms with Crippen LogP contribution in [-0.4, -0.2) is 31.0 Å². The van der Waals surface area contributed by atoms with Crippen molar-refractivity contribution in [2.24, 2.45) is 0 Å². The third-order valence-electron chi connectivity index (χ3n) is 3.36. The fourth-order valence-electron chi connectivity index (χ4n) is 2.36. The van der Waals surface area contributed by atoms with Crippen LogP contribution in [0.5, 0.6) is 5.75 Å². The van der Waals surface area contributed by atoms with E-state index in [-0.39, 0.29) is 22.1 Å². The van der Waals surface area contributed by atoms with Crippen LogP contribution in [0.1, 0.15) is 0 Å². The summed E-state index contributed by atoms with van der Waals surface area (Å²) >= 11 is 0. The molecule has 0 amide bonds. The number of aromatic hydroxyl groups is 1. The lowest BCUT2D eigenvalue weighted by Crippen LogP contribution is -2.01. The third kappa shape index (κ3) is 2.87. The minimum absolute atomic E-state index is 0.0239. The fraction of sp³-hybridized carbons (Fsp3) is 0. The summed E-state index contributed by atoms with van der Waals surface area (Å²) in [6, 6.07) is 6.90. The lowest BCUT2D eigenvalue weighted by Gasteiger charge is -2.10. The maximum atomic E-state index is 11.5. The lowest BCUT2D eigenvalue weighted by molar-refractivity contribution is 0.470. The van der Waals surface area contributed by atoms with Crippen LogP contribution in [-0.2, 0) is 20.2 Å². The van der Waals surface area contributed by atoms with Crippen LogP contribution in [0.4, 0.5) is 0 Å². The molecular formula is C14H10O8S2. The van der Waals surface area contributed by atoms with Crippen molar-refractivity contribution in [2.45, 2.75) is 9.79 Å². The van der Waals surface area contributed by atoms with Gasteiger partial charge < -0.3 is 9.52 Å². The Kier molecular flexibility index (Phi) is 3.64. The first-order valence-corrected chi connectivity index (χ1v) is 9.25. The van der Waals surface area contributed by atoms with Crippen molar-refractivity contribution in [1.82, 2.24) is 0 Å². The number of hydrogen-bond donors (Lipinski definition) is 3. The summed E-state index contributed by atoms with van der Waals surface area (Å²) in [6.45, 7) is 0. The number of hydrogen-bond acceptors (Lipinski definition) is 6. The Morgan fingerprint density at radius 1 is 0.875 bits per heavy atom. The average Bonchev–Trinajstić information content (AvgIpc) is 2.97. The van der Waals surface area contributed by atoms with Crippen LogP contribution < -0.4 is 0 Å². The van der Waals surface area contributed by atoms with Gasteiger partial charge >= 0.3 is 0 Å². The van der Waals surface area contributed by atoms with E-state index < -0.39 is 35.8 Å². The average molecular weight is 370 g/mol. The largest absolute Gasteiger partial charge is 0.507 e. The smallest absolute Gasteiger partial charge is 0.294 e. The molecule has 0 radical (unpaired) electrons. The fourth-order valence-corrected chi connectivity index (χ4v) is 3.44. The van der Waals surface area contributed by atoms with Crippen molar-refractivity contribution in [2.75, 3.05) is 0 Å². The van der Waals surface area contributed by atoms with Gasteiger partial charge in [-0.3, -0.25) is 9.11 Å². The molecule has 8 nitrogen and oxygen atoms in total. The predicted molar refractivity (Wildman–Crippen MR) is 82.9 cm³/mol. The highest BCUT2D eigenvalue weighted by molar-refractivity contribution is 7.86. The molecule has 0 unspecified atom stereocenters. The molecule has 0 atom stereocenters. The van der Waals surface area contributed by atoms with Crippen molar-refractivity contribution >= 4 is 31.0 Å². The van der Waals surface area contributed by atoms with E-state index in [0.717, 1.165) is 24.3 Å². The Morgan fingerprint density at radius 2 is 1.46 bits per heavy atom. The number of fused-ring (bicyclic) bond motifs is 1. The third-order valence-corrected chi connectivity index (χ3v) is 5.02. The Bertz CT molecular complexity index is 1140. The molecule has 0 fully saturated rings. The predicted octanol–water partition coefficient (Wildman–Crippen LogP) is 2.30. The number of furan rings is 1. The van der Waals surface area contributed by atoms with E-state index in [1.165, 1.54) is 18.4 Å². The van der Waals surface area contributed by atoms with Gasteiger partial charge in [0, 0.05) is 17.0 Å². The number of benzene rings is 2. The van der Waals surface area contributed by atoms with E-state index in [1.807, 2.05) is 0 Å². The first-order chi connectivity index (χ1) is 11.1. The molecule has 0 aliphatic carbocycles. The zero-order valence-corrected chi connectivity index (χ0v) is 13.4. The summed E-state index contributed by atoms with van der Waals surface area (Å²) in [5.41, 5.74) is 0.129. The zero-order valence-electron chi connectivity index (χ0n) is 11.7. The van der Waals surface area contributed by atoms with Gasteiger partial charge in [0.25, 0.3) is 20.2 Å². The van der Waals surface area contributed by atoms with Crippen molar-refractivity contribution in [3.8, 4) is 17.1 Å². The van der Waals surface area contributed by atoms with Gasteiger partial charge in [-0.1, -0.05) is 0 Å². The molecular weight excluding hydrogens is 360 g/mol. The Hall–Kier alpha value is -2.40. The van der Waals surface area contributed by atoms with Crippen LogP contribution in [0, 0.1) is 0 Å². The van der Waals surface area contributed by atoms with Gasteiger partial charge in [-0.25, -0.2) is 0 Å². The molecule has 24 heavy (non-hydrogen) atoms. The lowest BCUT2D eigenvalue weighted by atomic mass is 10.0. The molecule has 126 valence electrons. The molecule has 1 aromatic heterocycles. The van der Waals surface area contributed by atoms with Crippen molar-refractivity contribution < 1.29 is 35.5 Å². The highest BCUT2D eigenvalue weighted by Gasteiger charge is 2.21. The number of rotatable bonds is 3. The Morgan fingerprint density at radius 3 is 1.96 bits per heavy atom. The monoisotopic (exact) mass is 370 g/mol. The summed E-state index contributed by atoms with van der Waals surface area (Å²) in [4.78, 5) is -1.14. The first kappa shape index (κ1) is 16.5. The van der Waals surface area contributed by atoms with Crippen LogP contribution in [0.25, 0.3) is 22.1 Å². The summed E-state index contributed by atoms with van der Waals surface area (Å²) in [5, 5.41) is 10.2. The second-order valence-corrected chi connectivity index (χ2v) is 7.78. The van der Waals surface area contributed by atoms with E-state index >= 15 is 0 Å². The minimum atomic E-state index is -4.63. The second kappa shape index (κ2) is 5.31. The number of phenolic OH excluding ortho intramolecular Hbond substituents is 1. The molecule has 3 aromatic rings. The van der Waals surface area contributed by atoms with E-state index in [9.17, 15) is 26.5 Å². The molecule has 3 N–H and O–H groups in total. The Labute approximate surface area is 136 Å². The minimum Gasteiger partial charge on any atom is -0.507 e. The molecule has 0 spiro atoms. The van der Waals surface area contributed by atoms with E-state index in [0.29, 0.717) is 0 Å². The number of phenols is 1. The van der Waals surface area contributed by atoms with E-state index in [1.54, 1.807) is 0 Å². The Balaban J connectivity index is 2.50. The van der Waals surface area contributed by atoms with Crippen molar-refractivity contribution in [1.29, 1.82) is 0 Å². The summed E-state index contributed by atoms with van der Waals surface area (Å²) in [7, 11) is -9.23. The second-order valence-electron chi connectivity index (χ2n) is 4.94. The molecule has 1 heterocycles. The summed E-state index contributed by atoms with van der Waals surface area (Å²) < 4.78 is 69.1. The molecule has 3 rings (SSSR count). The molecule has 0 saturated heterocycles. The van der Waals surface area contributed by atoms with E-state index in [2.05, 4.69) is 0 Å². The quantitative estimate of drug-likeness (QED) is 0.596. The maximum absolute atomic E-state index is 11.5. The standard InChI is InChI=1S/C14H10O8S2/c15-12-7-10(24(19,20)21)5-8-4-9(23(16,17)18)6-11(14(8)12)13-2-1-3-22-13/h1-7,15H,(H,16,17,18)(H,19,20,21). The van der Waals surface area contributed by atoms with Gasteiger partial charge in [0.05, 0.1) is 16.1 Å². The maximum Gasteiger partial charge on any atom is 0.294 e. The molecule has 0 aliphatic rings. The highest BCUT2D eigenvalue weighted by atomic mass is 32.2. The molecule has 0 bridgehead atoms. The molecule has 0 aliphatic heterocycles. The summed E-state index contributed by atoms with van der Waals surface area (Å²) in [5.74, 6) is -0.311. The van der Waals surface area contributed by atoms with Gasteiger partial charge in [0.1, 0.15) is 11.5 Å². The zero-order chi connectivity index (χ0) is 17.7. The summed E-state index contributed by atoms with van der Waals surface area (Å²) in [6.07, 6.45) is 1.32. The van der Waals surface area contributed by atoms with Crippen LogP contribution in [0.2, 0.25) is 0 Å². The van der Waals surface area contributed by atoms with Crippen LogP contribution in [0.3, 0.4) is 0 Å². The van der Waals surface area contributed by atoms with Gasteiger partial charge in [-0.05, 0) is 35.7 Å². The van der Waals surface area contributed by atoms with Gasteiger partial charge in [-0.2, -0.15) is 16.8 Å². The SMILES string of the molecule is O=S(=O)(O)c1cc(O)c2c(-c3ccco3)cc(S(=O)(=O)O)cc2c1. The van der Waals surface area contributed by atoms with E-state index in [4.69, 9.17) is 8.97 Å². The topological polar surface area (TPSA) is 142 Å². The first-order valence-electron chi connectivity index (χ1n) is 6.37. The molecule has 0 saturated carbocycles. The van der Waals surface area contributed by atoms with Gasteiger partial charge in [0.2, 0.25) is 0 Å². The molecule has 10 heteroatoms. The van der Waals surface area contributed by atoms with Gasteiger partial charge in [0.15, 0.2) is 0 Å². The molecule has 2 aromatic carbocycles. The van der Waals surface area contributed by atoms with Gasteiger partial charge in [-0.15, -0.1) is 0 Å². The normalized spacial score (nSPS) is 12.6. The van der Waals surface area contributed by atoms with Crippen LogP contribution in [0.15, 0.2) is 56.9 Å². The van der Waals surface area contributed by atoms with Crippen LogP contribution >= 0.6 is 0 Å². The van der Waals surface area contributed by atoms with Crippen molar-refractivity contribution in [3.05, 3.63) is 42.7 Å². The highest BCUT2D eigenvalue weighted by Crippen LogP contribution is 2.38.